The number of amides is 1. The molecular formula is C18H22ClFN2O. The molecule has 0 saturated heterocycles. The molecule has 0 aromatic heterocycles. The van der Waals surface area contributed by atoms with Crippen molar-refractivity contribution in [2.45, 2.75) is 25.9 Å². The van der Waals surface area contributed by atoms with Gasteiger partial charge in [0, 0.05) is 12.0 Å². The number of nitrogens with one attached hydrogen (secondary N) is 1. The highest BCUT2D eigenvalue weighted by atomic mass is 35.5. The van der Waals surface area contributed by atoms with E-state index in [1.165, 1.54) is 12.1 Å². The monoisotopic (exact) mass is 336 g/mol. The minimum Gasteiger partial charge on any atom is -0.345 e. The van der Waals surface area contributed by atoms with Gasteiger partial charge in [0.15, 0.2) is 0 Å². The van der Waals surface area contributed by atoms with Gasteiger partial charge in [-0.25, -0.2) is 4.39 Å². The Balaban J connectivity index is 0.00000264. The average molecular weight is 337 g/mol. The Hall–Kier alpha value is -1.91. The van der Waals surface area contributed by atoms with Crippen LogP contribution in [0.15, 0.2) is 54.6 Å². The third kappa shape index (κ3) is 5.05. The van der Waals surface area contributed by atoms with E-state index in [0.717, 1.165) is 5.56 Å². The van der Waals surface area contributed by atoms with Crippen LogP contribution in [0.4, 0.5) is 4.39 Å². The van der Waals surface area contributed by atoms with E-state index < -0.39 is 6.04 Å². The molecule has 5 heteroatoms. The molecule has 2 aromatic carbocycles. The molecule has 2 rings (SSSR count). The lowest BCUT2D eigenvalue weighted by Crippen LogP contribution is -2.40. The maximum absolute atomic E-state index is 13.5. The molecule has 3 N–H and O–H groups in total. The average Bonchev–Trinajstić information content (AvgIpc) is 2.52. The first-order valence-electron chi connectivity index (χ1n) is 7.35. The van der Waals surface area contributed by atoms with Crippen molar-refractivity contribution in [3.63, 3.8) is 0 Å². The van der Waals surface area contributed by atoms with E-state index in [2.05, 4.69) is 5.32 Å². The van der Waals surface area contributed by atoms with Crippen molar-refractivity contribution in [1.82, 2.24) is 5.32 Å². The zero-order valence-corrected chi connectivity index (χ0v) is 14.0. The van der Waals surface area contributed by atoms with E-state index >= 15 is 0 Å². The summed E-state index contributed by atoms with van der Waals surface area (Å²) in [7, 11) is 0. The molecule has 0 radical (unpaired) electrons. The summed E-state index contributed by atoms with van der Waals surface area (Å²) in [5.41, 5.74) is 7.40. The van der Waals surface area contributed by atoms with E-state index in [1.54, 1.807) is 26.0 Å². The minimum atomic E-state index is -0.398. The van der Waals surface area contributed by atoms with Crippen LogP contribution in [0.2, 0.25) is 0 Å². The summed E-state index contributed by atoms with van der Waals surface area (Å²) in [6.07, 6.45) is 0. The summed E-state index contributed by atoms with van der Waals surface area (Å²) in [4.78, 5) is 12.3. The van der Waals surface area contributed by atoms with E-state index in [9.17, 15) is 9.18 Å². The summed E-state index contributed by atoms with van der Waals surface area (Å²) >= 11 is 0. The molecule has 0 aliphatic carbocycles. The van der Waals surface area contributed by atoms with Gasteiger partial charge >= 0.3 is 0 Å². The quantitative estimate of drug-likeness (QED) is 0.878. The Morgan fingerprint density at radius 3 is 2.22 bits per heavy atom. The molecule has 3 atom stereocenters. The summed E-state index contributed by atoms with van der Waals surface area (Å²) in [5, 5.41) is 2.97. The zero-order valence-electron chi connectivity index (χ0n) is 13.2. The van der Waals surface area contributed by atoms with Gasteiger partial charge in [-0.3, -0.25) is 4.79 Å². The molecule has 0 fully saturated rings. The third-order valence-electron chi connectivity index (χ3n) is 3.80. The SMILES string of the molecule is CC(N)C(C)C(=O)NC(c1ccccc1)c1cccc(F)c1.Cl. The fraction of sp³-hybridized carbons (Fsp3) is 0.278. The molecule has 0 bridgehead atoms. The van der Waals surface area contributed by atoms with Crippen LogP contribution in [0.1, 0.15) is 31.0 Å². The lowest BCUT2D eigenvalue weighted by atomic mass is 9.96. The van der Waals surface area contributed by atoms with Gasteiger partial charge in [-0.1, -0.05) is 49.4 Å². The van der Waals surface area contributed by atoms with E-state index in [-0.39, 0.29) is 36.1 Å². The second kappa shape index (κ2) is 8.65. The smallest absolute Gasteiger partial charge is 0.225 e. The molecule has 0 aliphatic heterocycles. The first-order chi connectivity index (χ1) is 10.5. The summed E-state index contributed by atoms with van der Waals surface area (Å²) in [6.45, 7) is 3.58. The van der Waals surface area contributed by atoms with Crippen LogP contribution in [0.3, 0.4) is 0 Å². The molecule has 0 spiro atoms. The summed E-state index contributed by atoms with van der Waals surface area (Å²) in [6, 6.07) is 15.1. The van der Waals surface area contributed by atoms with Crippen molar-refractivity contribution in [3.05, 3.63) is 71.5 Å². The largest absolute Gasteiger partial charge is 0.345 e. The maximum Gasteiger partial charge on any atom is 0.225 e. The number of benzene rings is 2. The lowest BCUT2D eigenvalue weighted by molar-refractivity contribution is -0.125. The van der Waals surface area contributed by atoms with Crippen LogP contribution in [0.5, 0.6) is 0 Å². The van der Waals surface area contributed by atoms with Crippen LogP contribution in [-0.2, 0) is 4.79 Å². The standard InChI is InChI=1S/C18H21FN2O.ClH/c1-12(13(2)20)18(22)21-17(14-7-4-3-5-8-14)15-9-6-10-16(19)11-15;/h3-13,17H,20H2,1-2H3,(H,21,22);1H. The molecule has 2 aromatic rings. The van der Waals surface area contributed by atoms with Gasteiger partial charge in [0.05, 0.1) is 6.04 Å². The normalized spacial score (nSPS) is 14.3. The highest BCUT2D eigenvalue weighted by Crippen LogP contribution is 2.23. The van der Waals surface area contributed by atoms with Crippen molar-refractivity contribution >= 4 is 18.3 Å². The van der Waals surface area contributed by atoms with Crippen LogP contribution in [0, 0.1) is 11.7 Å². The fourth-order valence-corrected chi connectivity index (χ4v) is 2.20. The van der Waals surface area contributed by atoms with Gasteiger partial charge in [0.1, 0.15) is 5.82 Å². The molecule has 124 valence electrons. The third-order valence-corrected chi connectivity index (χ3v) is 3.80. The van der Waals surface area contributed by atoms with Crippen molar-refractivity contribution < 1.29 is 9.18 Å². The van der Waals surface area contributed by atoms with Gasteiger partial charge in [-0.2, -0.15) is 0 Å². The summed E-state index contributed by atoms with van der Waals surface area (Å²) < 4.78 is 13.5. The zero-order chi connectivity index (χ0) is 16.1. The maximum atomic E-state index is 13.5. The van der Waals surface area contributed by atoms with Gasteiger partial charge in [-0.05, 0) is 30.2 Å². The van der Waals surface area contributed by atoms with Crippen LogP contribution in [-0.4, -0.2) is 11.9 Å². The Morgan fingerprint density at radius 1 is 1.04 bits per heavy atom. The lowest BCUT2D eigenvalue weighted by Gasteiger charge is -2.23. The molecule has 0 aliphatic rings. The Kier molecular flexibility index (Phi) is 7.20. The molecule has 0 saturated carbocycles. The first kappa shape index (κ1) is 19.1. The van der Waals surface area contributed by atoms with E-state index in [4.69, 9.17) is 5.73 Å². The van der Waals surface area contributed by atoms with Crippen molar-refractivity contribution in [3.8, 4) is 0 Å². The van der Waals surface area contributed by atoms with Gasteiger partial charge < -0.3 is 11.1 Å². The van der Waals surface area contributed by atoms with Crippen LogP contribution >= 0.6 is 12.4 Å². The van der Waals surface area contributed by atoms with E-state index in [1.807, 2.05) is 30.3 Å². The topological polar surface area (TPSA) is 55.1 Å². The molecular weight excluding hydrogens is 315 g/mol. The number of rotatable bonds is 5. The number of halogens is 2. The second-order valence-corrected chi connectivity index (χ2v) is 5.56. The predicted octanol–water partition coefficient (Wildman–Crippen LogP) is 3.44. The van der Waals surface area contributed by atoms with Crippen LogP contribution in [0.25, 0.3) is 0 Å². The fourth-order valence-electron chi connectivity index (χ4n) is 2.20. The molecule has 3 unspecified atom stereocenters. The number of nitrogens with two attached hydrogens (primary N) is 1. The molecule has 1 amide bonds. The Bertz CT molecular complexity index is 634. The Morgan fingerprint density at radius 2 is 1.65 bits per heavy atom. The minimum absolute atomic E-state index is 0. The van der Waals surface area contributed by atoms with Gasteiger partial charge in [0.25, 0.3) is 0 Å². The number of carbonyl (C=O) groups excluding carboxylic acids is 1. The van der Waals surface area contributed by atoms with Crippen molar-refractivity contribution in [2.75, 3.05) is 0 Å². The number of hydrogen-bond acceptors (Lipinski definition) is 2. The predicted molar refractivity (Wildman–Crippen MR) is 92.9 cm³/mol. The highest BCUT2D eigenvalue weighted by molar-refractivity contribution is 5.85. The van der Waals surface area contributed by atoms with Gasteiger partial charge in [-0.15, -0.1) is 12.4 Å². The summed E-state index contributed by atoms with van der Waals surface area (Å²) in [5.74, 6) is -0.791. The first-order valence-corrected chi connectivity index (χ1v) is 7.35. The number of carbonyl (C=O) groups is 1. The van der Waals surface area contributed by atoms with Crippen molar-refractivity contribution in [1.29, 1.82) is 0 Å². The molecule has 23 heavy (non-hydrogen) atoms. The molecule has 3 nitrogen and oxygen atoms in total. The Labute approximate surface area is 142 Å². The van der Waals surface area contributed by atoms with E-state index in [0.29, 0.717) is 5.56 Å². The molecule has 0 heterocycles. The van der Waals surface area contributed by atoms with Crippen molar-refractivity contribution in [2.24, 2.45) is 11.7 Å². The second-order valence-electron chi connectivity index (χ2n) is 5.56. The number of hydrogen-bond donors (Lipinski definition) is 2. The highest BCUT2D eigenvalue weighted by Gasteiger charge is 2.22. The van der Waals surface area contributed by atoms with Gasteiger partial charge in [0.2, 0.25) is 5.91 Å². The van der Waals surface area contributed by atoms with Crippen LogP contribution < -0.4 is 11.1 Å².